The molecule has 0 aliphatic carbocycles. The molecule has 1 aromatic rings. The van der Waals surface area contributed by atoms with E-state index in [1.807, 2.05) is 4.57 Å². The molecule has 16 heavy (non-hydrogen) atoms. The Hall–Kier alpha value is -0.640. The predicted octanol–water partition coefficient (Wildman–Crippen LogP) is 4.08. The first-order valence-corrected chi connectivity index (χ1v) is 6.85. The second kappa shape index (κ2) is 8.50. The van der Waals surface area contributed by atoms with Crippen LogP contribution in [0.4, 0.5) is 0 Å². The number of aromatic nitrogens is 3. The molecular formula is C12H23N3S. The SMILES string of the molecule is CCCCCCCCCCn1cn[nH]c1=S. The smallest absolute Gasteiger partial charge is 0.194 e. The Kier molecular flexibility index (Phi) is 7.14. The molecule has 4 heteroatoms. The topological polar surface area (TPSA) is 33.6 Å². The fourth-order valence-electron chi connectivity index (χ4n) is 1.85. The minimum absolute atomic E-state index is 0.739. The molecule has 0 aromatic carbocycles. The minimum atomic E-state index is 0.739. The summed E-state index contributed by atoms with van der Waals surface area (Å²) < 4.78 is 2.75. The van der Waals surface area contributed by atoms with Crippen LogP contribution in [0.25, 0.3) is 0 Å². The van der Waals surface area contributed by atoms with E-state index in [0.29, 0.717) is 0 Å². The molecule has 0 spiro atoms. The Balaban J connectivity index is 1.93. The van der Waals surface area contributed by atoms with E-state index in [9.17, 15) is 0 Å². The molecule has 0 fully saturated rings. The molecule has 0 radical (unpaired) electrons. The third kappa shape index (κ3) is 5.45. The van der Waals surface area contributed by atoms with E-state index in [1.165, 1.54) is 51.4 Å². The molecule has 0 unspecified atom stereocenters. The Bertz CT molecular complexity index is 316. The number of aryl methyl sites for hydroxylation is 1. The standard InChI is InChI=1S/C12H23N3S/c1-2-3-4-5-6-7-8-9-10-15-11-13-14-12(15)16/h11H,2-10H2,1H3,(H,14,16). The van der Waals surface area contributed by atoms with Crippen LogP contribution in [0, 0.1) is 4.77 Å². The highest BCUT2D eigenvalue weighted by Crippen LogP contribution is 2.08. The van der Waals surface area contributed by atoms with Gasteiger partial charge in [-0.3, -0.25) is 5.10 Å². The fourth-order valence-corrected chi connectivity index (χ4v) is 2.04. The normalized spacial score (nSPS) is 10.8. The number of hydrogen-bond acceptors (Lipinski definition) is 2. The van der Waals surface area contributed by atoms with Crippen molar-refractivity contribution in [2.45, 2.75) is 64.8 Å². The van der Waals surface area contributed by atoms with Gasteiger partial charge in [0.1, 0.15) is 6.33 Å². The zero-order valence-corrected chi connectivity index (χ0v) is 11.1. The van der Waals surface area contributed by atoms with Crippen LogP contribution in [0.15, 0.2) is 6.33 Å². The summed E-state index contributed by atoms with van der Waals surface area (Å²) in [7, 11) is 0. The first-order valence-electron chi connectivity index (χ1n) is 6.44. The van der Waals surface area contributed by atoms with Gasteiger partial charge in [-0.1, -0.05) is 51.9 Å². The van der Waals surface area contributed by atoms with E-state index in [-0.39, 0.29) is 0 Å². The van der Waals surface area contributed by atoms with Crippen LogP contribution in [0.2, 0.25) is 0 Å². The number of H-pyrrole nitrogens is 1. The number of rotatable bonds is 9. The summed E-state index contributed by atoms with van der Waals surface area (Å²) in [5, 5.41) is 6.68. The van der Waals surface area contributed by atoms with Gasteiger partial charge < -0.3 is 4.57 Å². The van der Waals surface area contributed by atoms with Crippen molar-refractivity contribution in [1.29, 1.82) is 0 Å². The summed E-state index contributed by atoms with van der Waals surface area (Å²) in [4.78, 5) is 0. The zero-order valence-electron chi connectivity index (χ0n) is 10.2. The second-order valence-electron chi connectivity index (χ2n) is 4.33. The van der Waals surface area contributed by atoms with Crippen molar-refractivity contribution >= 4 is 12.2 Å². The predicted molar refractivity (Wildman–Crippen MR) is 70.0 cm³/mol. The molecule has 0 amide bonds. The Morgan fingerprint density at radius 2 is 1.75 bits per heavy atom. The van der Waals surface area contributed by atoms with Crippen molar-refractivity contribution in [3.63, 3.8) is 0 Å². The van der Waals surface area contributed by atoms with Crippen molar-refractivity contribution in [2.24, 2.45) is 0 Å². The summed E-state index contributed by atoms with van der Waals surface area (Å²) in [6, 6.07) is 0. The molecule has 1 N–H and O–H groups in total. The molecule has 0 saturated heterocycles. The van der Waals surface area contributed by atoms with Gasteiger partial charge in [0.15, 0.2) is 4.77 Å². The Labute approximate surface area is 103 Å². The molecule has 0 saturated carbocycles. The summed E-state index contributed by atoms with van der Waals surface area (Å²) in [5.41, 5.74) is 0. The van der Waals surface area contributed by atoms with Gasteiger partial charge in [-0.15, -0.1) is 0 Å². The van der Waals surface area contributed by atoms with Gasteiger partial charge in [-0.2, -0.15) is 5.10 Å². The van der Waals surface area contributed by atoms with Crippen LogP contribution in [-0.4, -0.2) is 14.8 Å². The zero-order chi connectivity index (χ0) is 11.6. The monoisotopic (exact) mass is 241 g/mol. The maximum Gasteiger partial charge on any atom is 0.194 e. The van der Waals surface area contributed by atoms with Crippen LogP contribution in [0.1, 0.15) is 58.3 Å². The molecular weight excluding hydrogens is 218 g/mol. The highest BCUT2D eigenvalue weighted by molar-refractivity contribution is 7.71. The van der Waals surface area contributed by atoms with Gasteiger partial charge in [0.2, 0.25) is 0 Å². The van der Waals surface area contributed by atoms with E-state index in [0.717, 1.165) is 11.3 Å². The van der Waals surface area contributed by atoms with E-state index < -0.39 is 0 Å². The van der Waals surface area contributed by atoms with Gasteiger partial charge >= 0.3 is 0 Å². The molecule has 1 rings (SSSR count). The lowest BCUT2D eigenvalue weighted by atomic mass is 10.1. The molecule has 92 valence electrons. The minimum Gasteiger partial charge on any atom is -0.307 e. The quantitative estimate of drug-likeness (QED) is 0.522. The average Bonchev–Trinajstić information content (AvgIpc) is 2.68. The number of aromatic amines is 1. The highest BCUT2D eigenvalue weighted by Gasteiger charge is 1.94. The van der Waals surface area contributed by atoms with Crippen molar-refractivity contribution in [2.75, 3.05) is 0 Å². The summed E-state index contributed by atoms with van der Waals surface area (Å²) in [6.45, 7) is 3.26. The van der Waals surface area contributed by atoms with Gasteiger partial charge in [0.05, 0.1) is 0 Å². The fraction of sp³-hybridized carbons (Fsp3) is 0.833. The number of nitrogens with zero attached hydrogens (tertiary/aromatic N) is 2. The average molecular weight is 241 g/mol. The summed E-state index contributed by atoms with van der Waals surface area (Å²) in [5.74, 6) is 0. The molecule has 0 aliphatic rings. The first-order chi connectivity index (χ1) is 7.84. The Morgan fingerprint density at radius 3 is 2.31 bits per heavy atom. The van der Waals surface area contributed by atoms with E-state index in [1.54, 1.807) is 6.33 Å². The van der Waals surface area contributed by atoms with Crippen molar-refractivity contribution < 1.29 is 0 Å². The second-order valence-corrected chi connectivity index (χ2v) is 4.72. The largest absolute Gasteiger partial charge is 0.307 e. The number of nitrogens with one attached hydrogen (secondary N) is 1. The maximum atomic E-state index is 5.08. The van der Waals surface area contributed by atoms with Gasteiger partial charge in [0, 0.05) is 6.54 Å². The van der Waals surface area contributed by atoms with Gasteiger partial charge in [0.25, 0.3) is 0 Å². The van der Waals surface area contributed by atoms with Crippen molar-refractivity contribution in [3.05, 3.63) is 11.1 Å². The van der Waals surface area contributed by atoms with Crippen molar-refractivity contribution in [3.8, 4) is 0 Å². The summed E-state index contributed by atoms with van der Waals surface area (Å²) in [6.07, 6.45) is 12.6. The number of hydrogen-bond donors (Lipinski definition) is 1. The third-order valence-electron chi connectivity index (χ3n) is 2.87. The lowest BCUT2D eigenvalue weighted by Crippen LogP contribution is -1.96. The van der Waals surface area contributed by atoms with Crippen LogP contribution in [-0.2, 0) is 6.54 Å². The molecule has 0 aliphatic heterocycles. The van der Waals surface area contributed by atoms with E-state index >= 15 is 0 Å². The van der Waals surface area contributed by atoms with E-state index in [4.69, 9.17) is 12.2 Å². The molecule has 0 bridgehead atoms. The Morgan fingerprint density at radius 1 is 1.12 bits per heavy atom. The maximum absolute atomic E-state index is 5.08. The van der Waals surface area contributed by atoms with Crippen LogP contribution < -0.4 is 0 Å². The third-order valence-corrected chi connectivity index (χ3v) is 3.20. The molecule has 1 aromatic heterocycles. The first kappa shape index (κ1) is 13.4. The lowest BCUT2D eigenvalue weighted by Gasteiger charge is -2.02. The van der Waals surface area contributed by atoms with Gasteiger partial charge in [-0.05, 0) is 18.6 Å². The molecule has 0 atom stereocenters. The van der Waals surface area contributed by atoms with Crippen LogP contribution >= 0.6 is 12.2 Å². The van der Waals surface area contributed by atoms with E-state index in [2.05, 4.69) is 17.1 Å². The molecule has 1 heterocycles. The van der Waals surface area contributed by atoms with Crippen LogP contribution in [0.3, 0.4) is 0 Å². The lowest BCUT2D eigenvalue weighted by molar-refractivity contribution is 0.541. The highest BCUT2D eigenvalue weighted by atomic mass is 32.1. The van der Waals surface area contributed by atoms with Crippen LogP contribution in [0.5, 0.6) is 0 Å². The summed E-state index contributed by atoms with van der Waals surface area (Å²) >= 11 is 5.08. The molecule has 3 nitrogen and oxygen atoms in total. The number of unbranched alkanes of at least 4 members (excludes halogenated alkanes) is 7. The van der Waals surface area contributed by atoms with Crippen molar-refractivity contribution in [1.82, 2.24) is 14.8 Å². The van der Waals surface area contributed by atoms with Gasteiger partial charge in [-0.25, -0.2) is 0 Å².